The van der Waals surface area contributed by atoms with Gasteiger partial charge in [-0.15, -0.1) is 23.5 Å². The first-order valence-electron chi connectivity index (χ1n) is 10.6. The molecule has 0 saturated carbocycles. The van der Waals surface area contributed by atoms with E-state index in [0.29, 0.717) is 47.7 Å². The summed E-state index contributed by atoms with van der Waals surface area (Å²) in [5.74, 6) is 5.13. The Labute approximate surface area is 220 Å². The van der Waals surface area contributed by atoms with E-state index in [9.17, 15) is 0 Å². The summed E-state index contributed by atoms with van der Waals surface area (Å²) in [6, 6.07) is 3.88. The van der Waals surface area contributed by atoms with Crippen molar-refractivity contribution in [3.8, 4) is 34.5 Å². The molecule has 0 heterocycles. The Hall–Kier alpha value is -1.79. The molecule has 2 rings (SSSR count). The number of ether oxygens (including phenoxy) is 8. The summed E-state index contributed by atoms with van der Waals surface area (Å²) in [4.78, 5) is 3.23. The molecule has 0 radical (unpaired) electrons. The summed E-state index contributed by atoms with van der Waals surface area (Å²) in [6.45, 7) is 1.22. The van der Waals surface area contributed by atoms with Gasteiger partial charge < -0.3 is 37.9 Å². The van der Waals surface area contributed by atoms with Crippen molar-refractivity contribution in [1.82, 2.24) is 0 Å². The molecule has 0 N–H and O–H groups in total. The molecule has 8 nitrogen and oxygen atoms in total. The van der Waals surface area contributed by atoms with Crippen LogP contribution in [0.5, 0.6) is 34.5 Å². The van der Waals surface area contributed by atoms with Crippen molar-refractivity contribution >= 4 is 35.3 Å². The van der Waals surface area contributed by atoms with Gasteiger partial charge in [-0.2, -0.15) is 0 Å². The number of hydrogen-bond donors (Lipinski definition) is 0. The first kappa shape index (κ1) is 29.4. The standard InChI is InChI=1S/C24H34O8S3/c1-25-9-11-33-17-13-15(27-3)23(21(31-7)19(17)29-5)35-24-16(28-4)14-18(34-12-10-26-2)20(30-6)22(24)32-8/h13-14H,9-12H2,1-8H3. The molecule has 0 unspecified atom stereocenters. The van der Waals surface area contributed by atoms with E-state index in [0.717, 1.165) is 31.1 Å². The van der Waals surface area contributed by atoms with E-state index in [1.807, 2.05) is 12.1 Å². The number of methoxy groups -OCH3 is 8. The molecule has 196 valence electrons. The highest BCUT2D eigenvalue weighted by Gasteiger charge is 2.27. The third kappa shape index (κ3) is 7.13. The highest BCUT2D eigenvalue weighted by atomic mass is 32.2. The summed E-state index contributed by atoms with van der Waals surface area (Å²) >= 11 is 4.60. The van der Waals surface area contributed by atoms with Crippen molar-refractivity contribution in [3.05, 3.63) is 12.1 Å². The lowest BCUT2D eigenvalue weighted by Crippen LogP contribution is -2.01. The zero-order valence-electron chi connectivity index (χ0n) is 21.5. The molecule has 2 aromatic rings. The zero-order chi connectivity index (χ0) is 25.8. The fourth-order valence-electron chi connectivity index (χ4n) is 3.19. The monoisotopic (exact) mass is 546 g/mol. The quantitative estimate of drug-likeness (QED) is 0.202. The zero-order valence-corrected chi connectivity index (χ0v) is 23.9. The van der Waals surface area contributed by atoms with Gasteiger partial charge in [0.05, 0.1) is 65.7 Å². The van der Waals surface area contributed by atoms with Crippen molar-refractivity contribution in [3.63, 3.8) is 0 Å². The Morgan fingerprint density at radius 3 is 1.17 bits per heavy atom. The normalized spacial score (nSPS) is 10.7. The fraction of sp³-hybridized carbons (Fsp3) is 0.500. The van der Waals surface area contributed by atoms with Crippen LogP contribution >= 0.6 is 35.3 Å². The van der Waals surface area contributed by atoms with Crippen molar-refractivity contribution < 1.29 is 37.9 Å². The number of hydrogen-bond acceptors (Lipinski definition) is 11. The minimum Gasteiger partial charge on any atom is -0.495 e. The smallest absolute Gasteiger partial charge is 0.179 e. The van der Waals surface area contributed by atoms with Crippen molar-refractivity contribution in [2.75, 3.05) is 81.6 Å². The molecule has 35 heavy (non-hydrogen) atoms. The molecule has 0 fully saturated rings. The van der Waals surface area contributed by atoms with E-state index >= 15 is 0 Å². The van der Waals surface area contributed by atoms with E-state index in [1.54, 1.807) is 80.4 Å². The van der Waals surface area contributed by atoms with E-state index in [2.05, 4.69) is 0 Å². The van der Waals surface area contributed by atoms with Gasteiger partial charge in [0, 0.05) is 25.7 Å². The third-order valence-electron chi connectivity index (χ3n) is 4.79. The van der Waals surface area contributed by atoms with Gasteiger partial charge in [-0.25, -0.2) is 0 Å². The van der Waals surface area contributed by atoms with Crippen LogP contribution in [-0.4, -0.2) is 81.6 Å². The van der Waals surface area contributed by atoms with E-state index < -0.39 is 0 Å². The van der Waals surface area contributed by atoms with Crippen LogP contribution in [0.4, 0.5) is 0 Å². The summed E-state index contributed by atoms with van der Waals surface area (Å²) in [5, 5.41) is 0. The summed E-state index contributed by atoms with van der Waals surface area (Å²) < 4.78 is 45.1. The molecule has 0 aliphatic carbocycles. The van der Waals surface area contributed by atoms with Crippen LogP contribution in [0.3, 0.4) is 0 Å². The molecule has 0 bridgehead atoms. The van der Waals surface area contributed by atoms with Gasteiger partial charge >= 0.3 is 0 Å². The molecule has 11 heteroatoms. The maximum Gasteiger partial charge on any atom is 0.179 e. The predicted octanol–water partition coefficient (Wildman–Crippen LogP) is 5.37. The molecular weight excluding hydrogens is 512 g/mol. The number of benzene rings is 2. The van der Waals surface area contributed by atoms with Crippen LogP contribution < -0.4 is 28.4 Å². The lowest BCUT2D eigenvalue weighted by atomic mass is 10.3. The topological polar surface area (TPSA) is 73.8 Å². The molecular formula is C24H34O8S3. The molecule has 0 aliphatic heterocycles. The molecule has 0 spiro atoms. The van der Waals surface area contributed by atoms with Gasteiger partial charge in [0.1, 0.15) is 21.3 Å². The summed E-state index contributed by atoms with van der Waals surface area (Å²) in [7, 11) is 13.1. The van der Waals surface area contributed by atoms with Crippen molar-refractivity contribution in [2.45, 2.75) is 19.6 Å². The number of rotatable bonds is 16. The molecule has 0 saturated heterocycles. The first-order valence-corrected chi connectivity index (χ1v) is 13.4. The van der Waals surface area contributed by atoms with E-state index in [-0.39, 0.29) is 0 Å². The SMILES string of the molecule is COCCSc1cc(OC)c(Sc2c(OC)cc(SCCOC)c(OC)c2OC)c(OC)c1OC. The van der Waals surface area contributed by atoms with Gasteiger partial charge in [-0.1, -0.05) is 11.8 Å². The highest BCUT2D eigenvalue weighted by Crippen LogP contribution is 2.56. The maximum absolute atomic E-state index is 5.82. The predicted molar refractivity (Wildman–Crippen MR) is 142 cm³/mol. The number of thioether (sulfide) groups is 2. The van der Waals surface area contributed by atoms with Gasteiger partial charge in [0.25, 0.3) is 0 Å². The van der Waals surface area contributed by atoms with Gasteiger partial charge in [0.2, 0.25) is 0 Å². The highest BCUT2D eigenvalue weighted by molar-refractivity contribution is 8.00. The van der Waals surface area contributed by atoms with Gasteiger partial charge in [-0.3, -0.25) is 0 Å². The largest absolute Gasteiger partial charge is 0.495 e. The Balaban J connectivity index is 2.66. The summed E-state index contributed by atoms with van der Waals surface area (Å²) in [6.07, 6.45) is 0. The average Bonchev–Trinajstić information content (AvgIpc) is 2.88. The molecule has 0 amide bonds. The summed E-state index contributed by atoms with van der Waals surface area (Å²) in [5.41, 5.74) is 0. The Morgan fingerprint density at radius 2 is 0.886 bits per heavy atom. The molecule has 0 aliphatic rings. The molecule has 2 aromatic carbocycles. The van der Waals surface area contributed by atoms with Crippen LogP contribution in [0.2, 0.25) is 0 Å². The Kier molecular flexibility index (Phi) is 12.9. The van der Waals surface area contributed by atoms with Crippen LogP contribution in [0.15, 0.2) is 31.7 Å². The molecule has 0 aromatic heterocycles. The van der Waals surface area contributed by atoms with E-state index in [4.69, 9.17) is 37.9 Å². The average molecular weight is 547 g/mol. The minimum atomic E-state index is 0.554. The lowest BCUT2D eigenvalue weighted by Gasteiger charge is -2.22. The third-order valence-corrected chi connectivity index (χ3v) is 7.95. The van der Waals surface area contributed by atoms with Gasteiger partial charge in [-0.05, 0) is 12.1 Å². The van der Waals surface area contributed by atoms with Crippen LogP contribution in [0.25, 0.3) is 0 Å². The van der Waals surface area contributed by atoms with Crippen molar-refractivity contribution in [1.29, 1.82) is 0 Å². The van der Waals surface area contributed by atoms with Crippen LogP contribution in [-0.2, 0) is 9.47 Å². The Bertz CT molecular complexity index is 880. The van der Waals surface area contributed by atoms with Crippen LogP contribution in [0, 0.1) is 0 Å². The fourth-order valence-corrected chi connectivity index (χ4v) is 6.36. The second-order valence-electron chi connectivity index (χ2n) is 6.73. The van der Waals surface area contributed by atoms with Gasteiger partial charge in [0.15, 0.2) is 23.0 Å². The maximum atomic E-state index is 5.82. The van der Waals surface area contributed by atoms with Crippen LogP contribution in [0.1, 0.15) is 0 Å². The van der Waals surface area contributed by atoms with Crippen molar-refractivity contribution in [2.24, 2.45) is 0 Å². The Morgan fingerprint density at radius 1 is 0.514 bits per heavy atom. The second-order valence-corrected chi connectivity index (χ2v) is 10.0. The molecule has 0 atom stereocenters. The minimum absolute atomic E-state index is 0.554. The van der Waals surface area contributed by atoms with E-state index in [1.165, 1.54) is 11.8 Å². The second kappa shape index (κ2) is 15.4. The first-order chi connectivity index (χ1) is 17.0. The lowest BCUT2D eigenvalue weighted by molar-refractivity contribution is 0.218.